The number of rotatable bonds is 5. The minimum Gasteiger partial charge on any atom is -0.484 e. The van der Waals surface area contributed by atoms with E-state index in [0.717, 1.165) is 5.56 Å². The molecule has 0 fully saturated rings. The number of para-hydroxylation sites is 2. The van der Waals surface area contributed by atoms with E-state index in [1.165, 1.54) is 6.92 Å². The molecule has 2 atom stereocenters. The van der Waals surface area contributed by atoms with Gasteiger partial charge < -0.3 is 15.2 Å². The molecular formula is C17H19NO3. The van der Waals surface area contributed by atoms with Crippen LogP contribution in [0, 0.1) is 0 Å². The molecule has 2 unspecified atom stereocenters. The second kappa shape index (κ2) is 6.90. The van der Waals surface area contributed by atoms with Crippen LogP contribution in [-0.2, 0) is 4.79 Å². The number of hydrogen-bond acceptors (Lipinski definition) is 3. The van der Waals surface area contributed by atoms with Gasteiger partial charge in [-0.15, -0.1) is 0 Å². The molecule has 0 radical (unpaired) electrons. The van der Waals surface area contributed by atoms with E-state index < -0.39 is 12.0 Å². The molecule has 1 amide bonds. The molecule has 2 aromatic carbocycles. The average molecular weight is 285 g/mol. The molecule has 0 bridgehead atoms. The normalized spacial score (nSPS) is 13.3. The van der Waals surface area contributed by atoms with Crippen molar-refractivity contribution in [3.05, 3.63) is 60.2 Å². The van der Waals surface area contributed by atoms with Gasteiger partial charge in [-0.05, 0) is 31.5 Å². The standard InChI is InChI=1S/C17H19NO3/c1-12(19)17(20)18-15-10-6-7-11-16(15)21-13(2)14-8-4-3-5-9-14/h3-13,19H,1-2H3,(H,18,20). The van der Waals surface area contributed by atoms with Crippen molar-refractivity contribution in [2.45, 2.75) is 26.1 Å². The van der Waals surface area contributed by atoms with Gasteiger partial charge in [-0.25, -0.2) is 0 Å². The zero-order valence-corrected chi connectivity index (χ0v) is 12.1. The number of anilines is 1. The van der Waals surface area contributed by atoms with Crippen molar-refractivity contribution in [1.29, 1.82) is 0 Å². The fourth-order valence-corrected chi connectivity index (χ4v) is 1.89. The van der Waals surface area contributed by atoms with Gasteiger partial charge in [0, 0.05) is 0 Å². The smallest absolute Gasteiger partial charge is 0.253 e. The van der Waals surface area contributed by atoms with Crippen LogP contribution in [0.25, 0.3) is 0 Å². The van der Waals surface area contributed by atoms with Crippen LogP contribution in [-0.4, -0.2) is 17.1 Å². The van der Waals surface area contributed by atoms with Crippen LogP contribution in [0.15, 0.2) is 54.6 Å². The zero-order chi connectivity index (χ0) is 15.2. The number of aliphatic hydroxyl groups excluding tert-OH is 1. The van der Waals surface area contributed by atoms with Gasteiger partial charge in [0.25, 0.3) is 5.91 Å². The van der Waals surface area contributed by atoms with Crippen LogP contribution in [0.2, 0.25) is 0 Å². The van der Waals surface area contributed by atoms with Crippen LogP contribution in [0.1, 0.15) is 25.5 Å². The second-order valence-corrected chi connectivity index (χ2v) is 4.83. The maximum Gasteiger partial charge on any atom is 0.253 e. The van der Waals surface area contributed by atoms with Gasteiger partial charge in [-0.3, -0.25) is 4.79 Å². The number of amides is 1. The molecule has 2 N–H and O–H groups in total. The number of carbonyl (C=O) groups excluding carboxylic acids is 1. The number of aliphatic hydroxyl groups is 1. The average Bonchev–Trinajstić information content (AvgIpc) is 2.50. The fraction of sp³-hybridized carbons (Fsp3) is 0.235. The summed E-state index contributed by atoms with van der Waals surface area (Å²) in [6.45, 7) is 3.37. The summed E-state index contributed by atoms with van der Waals surface area (Å²) in [6.07, 6.45) is -1.21. The summed E-state index contributed by atoms with van der Waals surface area (Å²) in [5.74, 6) is 0.112. The summed E-state index contributed by atoms with van der Waals surface area (Å²) in [4.78, 5) is 11.6. The summed E-state index contributed by atoms with van der Waals surface area (Å²) in [5.41, 5.74) is 1.60. The highest BCUT2D eigenvalue weighted by Crippen LogP contribution is 2.29. The molecule has 0 aromatic heterocycles. The van der Waals surface area contributed by atoms with E-state index in [1.54, 1.807) is 18.2 Å². The topological polar surface area (TPSA) is 58.6 Å². The highest BCUT2D eigenvalue weighted by Gasteiger charge is 2.14. The highest BCUT2D eigenvalue weighted by molar-refractivity contribution is 5.94. The molecule has 2 rings (SSSR count). The predicted molar refractivity (Wildman–Crippen MR) is 82.2 cm³/mol. The molecule has 2 aromatic rings. The van der Waals surface area contributed by atoms with Gasteiger partial charge in [-0.1, -0.05) is 42.5 Å². The SMILES string of the molecule is CC(O)C(=O)Nc1ccccc1OC(C)c1ccccc1. The Morgan fingerprint density at radius 2 is 1.67 bits per heavy atom. The van der Waals surface area contributed by atoms with Crippen molar-refractivity contribution in [2.24, 2.45) is 0 Å². The lowest BCUT2D eigenvalue weighted by molar-refractivity contribution is -0.123. The molecule has 110 valence electrons. The Hall–Kier alpha value is -2.33. The molecule has 4 heteroatoms. The molecule has 0 aliphatic rings. The number of carbonyl (C=O) groups is 1. The van der Waals surface area contributed by atoms with E-state index in [-0.39, 0.29) is 6.10 Å². The van der Waals surface area contributed by atoms with Gasteiger partial charge in [0.05, 0.1) is 5.69 Å². The minimum absolute atomic E-state index is 0.143. The Morgan fingerprint density at radius 1 is 1.05 bits per heavy atom. The molecule has 4 nitrogen and oxygen atoms in total. The number of nitrogens with one attached hydrogen (secondary N) is 1. The molecule has 0 aliphatic heterocycles. The van der Waals surface area contributed by atoms with E-state index in [0.29, 0.717) is 11.4 Å². The Bertz CT molecular complexity index is 596. The Kier molecular flexibility index (Phi) is 4.95. The van der Waals surface area contributed by atoms with Crippen molar-refractivity contribution in [1.82, 2.24) is 0 Å². The van der Waals surface area contributed by atoms with Gasteiger partial charge in [-0.2, -0.15) is 0 Å². The first kappa shape index (κ1) is 15.1. The largest absolute Gasteiger partial charge is 0.484 e. The van der Waals surface area contributed by atoms with Gasteiger partial charge in [0.2, 0.25) is 0 Å². The zero-order valence-electron chi connectivity index (χ0n) is 12.1. The van der Waals surface area contributed by atoms with E-state index >= 15 is 0 Å². The van der Waals surface area contributed by atoms with Crippen molar-refractivity contribution < 1.29 is 14.6 Å². The highest BCUT2D eigenvalue weighted by atomic mass is 16.5. The van der Waals surface area contributed by atoms with Gasteiger partial charge >= 0.3 is 0 Å². The first-order chi connectivity index (χ1) is 10.1. The third-order valence-electron chi connectivity index (χ3n) is 3.10. The van der Waals surface area contributed by atoms with Crippen LogP contribution in [0.5, 0.6) is 5.75 Å². The lowest BCUT2D eigenvalue weighted by Gasteiger charge is -2.18. The summed E-state index contributed by atoms with van der Waals surface area (Å²) in [5, 5.41) is 11.9. The molecule has 21 heavy (non-hydrogen) atoms. The van der Waals surface area contributed by atoms with Crippen molar-refractivity contribution in [2.75, 3.05) is 5.32 Å². The first-order valence-corrected chi connectivity index (χ1v) is 6.87. The van der Waals surface area contributed by atoms with Crippen LogP contribution < -0.4 is 10.1 Å². The third kappa shape index (κ3) is 4.07. The quantitative estimate of drug-likeness (QED) is 0.887. The lowest BCUT2D eigenvalue weighted by atomic mass is 10.1. The molecule has 0 spiro atoms. The summed E-state index contributed by atoms with van der Waals surface area (Å²) < 4.78 is 5.92. The van der Waals surface area contributed by atoms with E-state index in [1.807, 2.05) is 43.3 Å². The molecule has 0 heterocycles. The monoisotopic (exact) mass is 285 g/mol. The Morgan fingerprint density at radius 3 is 2.33 bits per heavy atom. The predicted octanol–water partition coefficient (Wildman–Crippen LogP) is 3.15. The van der Waals surface area contributed by atoms with Gasteiger partial charge in [0.15, 0.2) is 0 Å². The van der Waals surface area contributed by atoms with E-state index in [4.69, 9.17) is 4.74 Å². The molecule has 0 saturated heterocycles. The Labute approximate surface area is 124 Å². The molecule has 0 aliphatic carbocycles. The maximum atomic E-state index is 11.6. The summed E-state index contributed by atoms with van der Waals surface area (Å²) >= 11 is 0. The van der Waals surface area contributed by atoms with Gasteiger partial charge in [0.1, 0.15) is 18.0 Å². The maximum absolute atomic E-state index is 11.6. The number of benzene rings is 2. The molecular weight excluding hydrogens is 266 g/mol. The summed E-state index contributed by atoms with van der Waals surface area (Å²) in [6, 6.07) is 17.0. The van der Waals surface area contributed by atoms with Crippen molar-refractivity contribution >= 4 is 11.6 Å². The minimum atomic E-state index is -1.07. The fourth-order valence-electron chi connectivity index (χ4n) is 1.89. The van der Waals surface area contributed by atoms with E-state index in [2.05, 4.69) is 5.32 Å². The lowest BCUT2D eigenvalue weighted by Crippen LogP contribution is -2.24. The van der Waals surface area contributed by atoms with E-state index in [9.17, 15) is 9.90 Å². The van der Waals surface area contributed by atoms with Crippen molar-refractivity contribution in [3.63, 3.8) is 0 Å². The number of hydrogen-bond donors (Lipinski definition) is 2. The third-order valence-corrected chi connectivity index (χ3v) is 3.10. The number of ether oxygens (including phenoxy) is 1. The van der Waals surface area contributed by atoms with Crippen molar-refractivity contribution in [3.8, 4) is 5.75 Å². The first-order valence-electron chi connectivity index (χ1n) is 6.87. The van der Waals surface area contributed by atoms with Crippen LogP contribution in [0.4, 0.5) is 5.69 Å². The molecule has 0 saturated carbocycles. The van der Waals surface area contributed by atoms with Crippen LogP contribution >= 0.6 is 0 Å². The second-order valence-electron chi connectivity index (χ2n) is 4.83. The summed E-state index contributed by atoms with van der Waals surface area (Å²) in [7, 11) is 0. The Balaban J connectivity index is 2.15. The van der Waals surface area contributed by atoms with Crippen LogP contribution in [0.3, 0.4) is 0 Å².